The van der Waals surface area contributed by atoms with Gasteiger partial charge >= 0.3 is 5.97 Å². The summed E-state index contributed by atoms with van der Waals surface area (Å²) >= 11 is 0. The normalized spacial score (nSPS) is 12.9. The van der Waals surface area contributed by atoms with Crippen molar-refractivity contribution in [2.75, 3.05) is 7.11 Å². The maximum Gasteiger partial charge on any atom is 0.347 e. The quantitative estimate of drug-likeness (QED) is 0.710. The molecule has 24 heavy (non-hydrogen) atoms. The van der Waals surface area contributed by atoms with Gasteiger partial charge in [-0.3, -0.25) is 0 Å². The van der Waals surface area contributed by atoms with Gasteiger partial charge in [-0.1, -0.05) is 5.16 Å². The molecule has 8 nitrogen and oxygen atoms in total. The van der Waals surface area contributed by atoms with Crippen molar-refractivity contribution in [3.8, 4) is 11.8 Å². The van der Waals surface area contributed by atoms with Gasteiger partial charge in [-0.2, -0.15) is 10.2 Å². The van der Waals surface area contributed by atoms with Gasteiger partial charge in [-0.15, -0.1) is 0 Å². The van der Waals surface area contributed by atoms with Gasteiger partial charge in [0.2, 0.25) is 0 Å². The highest BCUT2D eigenvalue weighted by atomic mass is 16.6. The number of methoxy groups -OCH3 is 1. The average molecular weight is 331 g/mol. The second-order valence-corrected chi connectivity index (χ2v) is 4.96. The molecule has 1 aromatic carbocycles. The molecule has 0 radical (unpaired) electrons. The number of carbonyl (C=O) groups excluding carboxylic acids is 1. The SMILES string of the molecule is COCc1noc(C(C)OC(=O)C(C)Oc2ccc(C#N)cc2)n1. The van der Waals surface area contributed by atoms with Gasteiger partial charge in [0.1, 0.15) is 12.4 Å². The van der Waals surface area contributed by atoms with E-state index in [1.807, 2.05) is 6.07 Å². The van der Waals surface area contributed by atoms with Crippen LogP contribution in [-0.2, 0) is 20.9 Å². The van der Waals surface area contributed by atoms with Crippen LogP contribution in [-0.4, -0.2) is 29.3 Å². The lowest BCUT2D eigenvalue weighted by Gasteiger charge is -2.16. The zero-order valence-electron chi connectivity index (χ0n) is 13.6. The monoisotopic (exact) mass is 331 g/mol. The van der Waals surface area contributed by atoms with E-state index in [2.05, 4.69) is 10.1 Å². The fraction of sp³-hybridized carbons (Fsp3) is 0.375. The Balaban J connectivity index is 1.91. The Morgan fingerprint density at radius 1 is 1.33 bits per heavy atom. The number of hydrogen-bond acceptors (Lipinski definition) is 8. The molecule has 0 aliphatic carbocycles. The molecular weight excluding hydrogens is 314 g/mol. The maximum atomic E-state index is 12.1. The number of ether oxygens (including phenoxy) is 3. The van der Waals surface area contributed by atoms with Crippen LogP contribution in [0.5, 0.6) is 5.75 Å². The third-order valence-corrected chi connectivity index (χ3v) is 3.03. The van der Waals surface area contributed by atoms with Crippen molar-refractivity contribution in [1.82, 2.24) is 10.1 Å². The number of hydrogen-bond donors (Lipinski definition) is 0. The lowest BCUT2D eigenvalue weighted by Crippen LogP contribution is -2.27. The molecule has 0 aliphatic rings. The Hall–Kier alpha value is -2.92. The molecule has 1 heterocycles. The summed E-state index contributed by atoms with van der Waals surface area (Å²) in [4.78, 5) is 16.1. The highest BCUT2D eigenvalue weighted by Crippen LogP contribution is 2.18. The Kier molecular flexibility index (Phi) is 5.87. The third-order valence-electron chi connectivity index (χ3n) is 3.03. The van der Waals surface area contributed by atoms with Crippen molar-refractivity contribution in [3.63, 3.8) is 0 Å². The highest BCUT2D eigenvalue weighted by Gasteiger charge is 2.23. The Morgan fingerprint density at radius 2 is 2.04 bits per heavy atom. The van der Waals surface area contributed by atoms with Crippen molar-refractivity contribution in [3.05, 3.63) is 41.5 Å². The number of aromatic nitrogens is 2. The molecule has 0 amide bonds. The van der Waals surface area contributed by atoms with Crippen LogP contribution in [0.2, 0.25) is 0 Å². The van der Waals surface area contributed by atoms with Crippen molar-refractivity contribution in [2.24, 2.45) is 0 Å². The lowest BCUT2D eigenvalue weighted by molar-refractivity contribution is -0.157. The summed E-state index contributed by atoms with van der Waals surface area (Å²) in [6, 6.07) is 8.44. The van der Waals surface area contributed by atoms with Gasteiger partial charge < -0.3 is 18.7 Å². The van der Waals surface area contributed by atoms with Gasteiger partial charge in [0, 0.05) is 7.11 Å². The van der Waals surface area contributed by atoms with Crippen LogP contribution in [0.25, 0.3) is 0 Å². The minimum atomic E-state index is -0.832. The fourth-order valence-electron chi connectivity index (χ4n) is 1.80. The summed E-state index contributed by atoms with van der Waals surface area (Å²) in [6.45, 7) is 3.40. The number of benzene rings is 1. The van der Waals surface area contributed by atoms with Crippen LogP contribution in [0.3, 0.4) is 0 Å². The molecule has 2 unspecified atom stereocenters. The van der Waals surface area contributed by atoms with E-state index in [-0.39, 0.29) is 12.5 Å². The first kappa shape index (κ1) is 17.4. The third kappa shape index (κ3) is 4.54. The summed E-state index contributed by atoms with van der Waals surface area (Å²) in [6.07, 6.45) is -1.54. The molecule has 2 atom stereocenters. The molecule has 2 rings (SSSR count). The predicted octanol–water partition coefficient (Wildman–Crippen LogP) is 2.16. The number of carbonyl (C=O) groups is 1. The fourth-order valence-corrected chi connectivity index (χ4v) is 1.80. The van der Waals surface area contributed by atoms with Gasteiger partial charge in [0.15, 0.2) is 18.0 Å². The smallest absolute Gasteiger partial charge is 0.347 e. The van der Waals surface area contributed by atoms with Crippen molar-refractivity contribution in [1.29, 1.82) is 5.26 Å². The second-order valence-electron chi connectivity index (χ2n) is 4.96. The maximum absolute atomic E-state index is 12.1. The van der Waals surface area contributed by atoms with E-state index in [0.29, 0.717) is 17.1 Å². The van der Waals surface area contributed by atoms with Crippen LogP contribution < -0.4 is 4.74 Å². The topological polar surface area (TPSA) is 107 Å². The standard InChI is InChI=1S/C16H17N3O5/c1-10(15-18-14(9-21-3)19-24-15)23-16(20)11(2)22-13-6-4-12(8-17)5-7-13/h4-7,10-11H,9H2,1-3H3. The minimum absolute atomic E-state index is 0.181. The van der Waals surface area contributed by atoms with E-state index in [1.54, 1.807) is 38.1 Å². The predicted molar refractivity (Wildman–Crippen MR) is 80.8 cm³/mol. The van der Waals surface area contributed by atoms with Gasteiger partial charge in [0.25, 0.3) is 5.89 Å². The molecule has 0 aliphatic heterocycles. The molecule has 1 aromatic heterocycles. The van der Waals surface area contributed by atoms with E-state index in [1.165, 1.54) is 7.11 Å². The van der Waals surface area contributed by atoms with E-state index in [0.717, 1.165) is 0 Å². The van der Waals surface area contributed by atoms with E-state index in [9.17, 15) is 4.79 Å². The molecule has 0 bridgehead atoms. The number of rotatable bonds is 7. The molecule has 126 valence electrons. The Bertz CT molecular complexity index is 720. The largest absolute Gasteiger partial charge is 0.479 e. The molecule has 0 N–H and O–H groups in total. The molecule has 0 saturated carbocycles. The summed E-state index contributed by atoms with van der Waals surface area (Å²) in [7, 11) is 1.52. The van der Waals surface area contributed by atoms with Crippen molar-refractivity contribution < 1.29 is 23.5 Å². The highest BCUT2D eigenvalue weighted by molar-refractivity contribution is 5.74. The van der Waals surface area contributed by atoms with Crippen LogP contribution in [0.4, 0.5) is 0 Å². The zero-order valence-corrected chi connectivity index (χ0v) is 13.6. The summed E-state index contributed by atoms with van der Waals surface area (Å²) < 4.78 is 20.6. The van der Waals surface area contributed by atoms with Crippen molar-refractivity contribution in [2.45, 2.75) is 32.7 Å². The molecule has 8 heteroatoms. The molecular formula is C16H17N3O5. The molecule has 2 aromatic rings. The van der Waals surface area contributed by atoms with Gasteiger partial charge in [-0.25, -0.2) is 4.79 Å². The van der Waals surface area contributed by atoms with Crippen LogP contribution >= 0.6 is 0 Å². The second kappa shape index (κ2) is 8.08. The van der Waals surface area contributed by atoms with Crippen LogP contribution in [0.15, 0.2) is 28.8 Å². The average Bonchev–Trinajstić information content (AvgIpc) is 3.04. The molecule has 0 fully saturated rings. The first-order valence-corrected chi connectivity index (χ1v) is 7.22. The minimum Gasteiger partial charge on any atom is -0.479 e. The van der Waals surface area contributed by atoms with Crippen molar-refractivity contribution >= 4 is 5.97 Å². The Labute approximate surface area is 138 Å². The van der Waals surface area contributed by atoms with E-state index >= 15 is 0 Å². The van der Waals surface area contributed by atoms with Gasteiger partial charge in [0.05, 0.1) is 11.6 Å². The number of nitriles is 1. The molecule has 0 saturated heterocycles. The Morgan fingerprint density at radius 3 is 2.67 bits per heavy atom. The zero-order chi connectivity index (χ0) is 17.5. The van der Waals surface area contributed by atoms with Crippen LogP contribution in [0, 0.1) is 11.3 Å². The van der Waals surface area contributed by atoms with E-state index < -0.39 is 18.2 Å². The first-order valence-electron chi connectivity index (χ1n) is 7.22. The van der Waals surface area contributed by atoms with E-state index in [4.69, 9.17) is 24.0 Å². The first-order chi connectivity index (χ1) is 11.5. The van der Waals surface area contributed by atoms with Crippen LogP contribution in [0.1, 0.15) is 37.2 Å². The summed E-state index contributed by atoms with van der Waals surface area (Å²) in [5.41, 5.74) is 0.509. The number of esters is 1. The number of nitrogens with zero attached hydrogens (tertiary/aromatic N) is 3. The summed E-state index contributed by atoms with van der Waals surface area (Å²) in [5.74, 6) is 0.447. The van der Waals surface area contributed by atoms with Gasteiger partial charge in [-0.05, 0) is 38.1 Å². The molecule has 0 spiro atoms. The summed E-state index contributed by atoms with van der Waals surface area (Å²) in [5, 5.41) is 12.5. The lowest BCUT2D eigenvalue weighted by atomic mass is 10.2.